The molecule has 3 saturated heterocycles. The Balaban J connectivity index is 0.000000963. The second kappa shape index (κ2) is 4.53. The zero-order chi connectivity index (χ0) is 10.1. The average Bonchev–Trinajstić information content (AvgIpc) is 2.32. The fraction of sp³-hybridized carbons (Fsp3) is 0.538. The van der Waals surface area contributed by atoms with Crippen molar-refractivity contribution in [2.24, 2.45) is 0 Å². The number of nitrogens with zero attached hydrogens (tertiary/aromatic N) is 2. The minimum atomic E-state index is 0. The third kappa shape index (κ3) is 2.12. The molecule has 0 amide bonds. The molecule has 0 aliphatic carbocycles. The van der Waals surface area contributed by atoms with E-state index in [0.717, 1.165) is 0 Å². The minimum Gasteiger partial charge on any atom is -0.870 e. The number of hydrogen-bond acceptors (Lipinski definition) is 2. The first-order valence-electron chi connectivity index (χ1n) is 5.98. The number of quaternary nitrogens is 1. The summed E-state index contributed by atoms with van der Waals surface area (Å²) < 4.78 is 1.33. The first kappa shape index (κ1) is 11.6. The summed E-state index contributed by atoms with van der Waals surface area (Å²) >= 11 is 0. The predicted octanol–water partition coefficient (Wildman–Crippen LogP) is 1.16. The van der Waals surface area contributed by atoms with E-state index in [4.69, 9.17) is 0 Å². The first-order valence-corrected chi connectivity index (χ1v) is 5.98. The quantitative estimate of drug-likeness (QED) is 0.701. The van der Waals surface area contributed by atoms with E-state index in [-0.39, 0.29) is 5.48 Å². The molecule has 4 rings (SSSR count). The number of hydrogen-bond donors (Lipinski definition) is 0. The molecule has 3 fully saturated rings. The van der Waals surface area contributed by atoms with E-state index < -0.39 is 0 Å². The van der Waals surface area contributed by atoms with Crippen molar-refractivity contribution in [3.8, 4) is 0 Å². The normalized spacial score (nSPS) is 32.1. The first-order chi connectivity index (χ1) is 7.36. The monoisotopic (exact) mass is 220 g/mol. The number of benzene rings is 1. The van der Waals surface area contributed by atoms with Gasteiger partial charge in [-0.05, 0) is 0 Å². The number of piperazine rings is 3. The third-order valence-corrected chi connectivity index (χ3v) is 4.03. The molecule has 16 heavy (non-hydrogen) atoms. The summed E-state index contributed by atoms with van der Waals surface area (Å²) in [6, 6.07) is 11.0. The van der Waals surface area contributed by atoms with Crippen LogP contribution in [0.15, 0.2) is 30.3 Å². The summed E-state index contributed by atoms with van der Waals surface area (Å²) in [4.78, 5) is 2.60. The maximum atomic E-state index is 2.60. The maximum Gasteiger partial charge on any atom is 0.104 e. The average molecular weight is 220 g/mol. The largest absolute Gasteiger partial charge is 0.870 e. The van der Waals surface area contributed by atoms with Gasteiger partial charge in [0.05, 0.1) is 19.6 Å². The van der Waals surface area contributed by atoms with Gasteiger partial charge in [-0.25, -0.2) is 0 Å². The maximum absolute atomic E-state index is 2.60. The van der Waals surface area contributed by atoms with E-state index in [0.29, 0.717) is 0 Å². The van der Waals surface area contributed by atoms with Crippen molar-refractivity contribution in [2.75, 3.05) is 39.3 Å². The lowest BCUT2D eigenvalue weighted by molar-refractivity contribution is -0.953. The zero-order valence-corrected chi connectivity index (χ0v) is 9.68. The van der Waals surface area contributed by atoms with Gasteiger partial charge in [0.25, 0.3) is 0 Å². The molecule has 1 aromatic rings. The molecule has 1 N–H and O–H groups in total. The summed E-state index contributed by atoms with van der Waals surface area (Å²) in [6.45, 7) is 9.25. The van der Waals surface area contributed by atoms with Crippen molar-refractivity contribution in [3.63, 3.8) is 0 Å². The summed E-state index contributed by atoms with van der Waals surface area (Å²) in [5.41, 5.74) is 1.51. The van der Waals surface area contributed by atoms with Gasteiger partial charge in [-0.3, -0.25) is 4.90 Å². The highest BCUT2D eigenvalue weighted by atomic mass is 16.0. The van der Waals surface area contributed by atoms with Crippen molar-refractivity contribution in [1.82, 2.24) is 4.90 Å². The van der Waals surface area contributed by atoms with Crippen LogP contribution in [0.25, 0.3) is 0 Å². The second-order valence-electron chi connectivity index (χ2n) is 5.00. The van der Waals surface area contributed by atoms with Crippen LogP contribution in [0.4, 0.5) is 0 Å². The van der Waals surface area contributed by atoms with E-state index in [1.54, 1.807) is 0 Å². The van der Waals surface area contributed by atoms with Crippen LogP contribution in [0, 0.1) is 0 Å². The van der Waals surface area contributed by atoms with Crippen molar-refractivity contribution in [2.45, 2.75) is 6.54 Å². The topological polar surface area (TPSA) is 33.2 Å². The summed E-state index contributed by atoms with van der Waals surface area (Å²) in [7, 11) is 0. The highest BCUT2D eigenvalue weighted by Gasteiger charge is 2.38. The van der Waals surface area contributed by atoms with Crippen molar-refractivity contribution < 1.29 is 9.96 Å². The Labute approximate surface area is 97.2 Å². The predicted molar refractivity (Wildman–Crippen MR) is 63.4 cm³/mol. The molecule has 0 saturated carbocycles. The molecule has 3 heterocycles. The summed E-state index contributed by atoms with van der Waals surface area (Å²) in [5, 5.41) is 0. The van der Waals surface area contributed by atoms with E-state index in [2.05, 4.69) is 35.2 Å². The van der Waals surface area contributed by atoms with Crippen LogP contribution >= 0.6 is 0 Å². The zero-order valence-electron chi connectivity index (χ0n) is 9.68. The molecule has 3 aliphatic heterocycles. The van der Waals surface area contributed by atoms with Gasteiger partial charge < -0.3 is 9.96 Å². The number of fused-ring (bicyclic) bond motifs is 3. The van der Waals surface area contributed by atoms with Gasteiger partial charge in [0.15, 0.2) is 0 Å². The Kier molecular flexibility index (Phi) is 3.28. The van der Waals surface area contributed by atoms with Crippen LogP contribution in [0.5, 0.6) is 0 Å². The smallest absolute Gasteiger partial charge is 0.104 e. The lowest BCUT2D eigenvalue weighted by Gasteiger charge is -2.50. The van der Waals surface area contributed by atoms with E-state index in [1.807, 2.05) is 0 Å². The summed E-state index contributed by atoms with van der Waals surface area (Å²) in [6.07, 6.45) is 0. The molecule has 3 nitrogen and oxygen atoms in total. The van der Waals surface area contributed by atoms with Gasteiger partial charge in [0.2, 0.25) is 0 Å². The number of rotatable bonds is 2. The van der Waals surface area contributed by atoms with Crippen LogP contribution < -0.4 is 0 Å². The standard InChI is InChI=1S/C13H19N2.H2O/c1-2-4-13(5-3-1)12-15-9-6-14(7-10-15)8-11-15;/h1-5H,6-12H2;1H2/q+1;/p-1. The van der Waals surface area contributed by atoms with Crippen molar-refractivity contribution >= 4 is 0 Å². The Bertz CT molecular complexity index is 317. The van der Waals surface area contributed by atoms with Crippen LogP contribution in [-0.4, -0.2) is 54.1 Å². The molecule has 3 aliphatic rings. The molecule has 3 heteroatoms. The second-order valence-corrected chi connectivity index (χ2v) is 5.00. The molecule has 88 valence electrons. The SMILES string of the molecule is [OH-].c1ccc(C[N+]23CCN(CC2)CC3)cc1. The van der Waals surface area contributed by atoms with Gasteiger partial charge in [0.1, 0.15) is 6.54 Å². The fourth-order valence-electron chi connectivity index (χ4n) is 2.94. The Morgan fingerprint density at radius 1 is 0.938 bits per heavy atom. The molecule has 0 spiro atoms. The van der Waals surface area contributed by atoms with Crippen LogP contribution in [0.1, 0.15) is 5.56 Å². The third-order valence-electron chi connectivity index (χ3n) is 4.03. The highest BCUT2D eigenvalue weighted by molar-refractivity contribution is 5.13. The fourth-order valence-corrected chi connectivity index (χ4v) is 2.94. The Morgan fingerprint density at radius 2 is 1.50 bits per heavy atom. The van der Waals surface area contributed by atoms with Gasteiger partial charge in [-0.1, -0.05) is 30.3 Å². The summed E-state index contributed by atoms with van der Waals surface area (Å²) in [5.74, 6) is 0. The molecule has 0 aromatic heterocycles. The van der Waals surface area contributed by atoms with Crippen LogP contribution in [0.2, 0.25) is 0 Å². The molecule has 1 aromatic carbocycles. The van der Waals surface area contributed by atoms with Gasteiger partial charge in [-0.15, -0.1) is 0 Å². The van der Waals surface area contributed by atoms with Crippen molar-refractivity contribution in [3.05, 3.63) is 35.9 Å². The van der Waals surface area contributed by atoms with Gasteiger partial charge in [0, 0.05) is 25.2 Å². The molecule has 0 unspecified atom stereocenters. The lowest BCUT2D eigenvalue weighted by atomic mass is 10.1. The highest BCUT2D eigenvalue weighted by Crippen LogP contribution is 2.22. The molecule has 0 atom stereocenters. The lowest BCUT2D eigenvalue weighted by Crippen LogP contribution is -2.66. The van der Waals surface area contributed by atoms with Crippen LogP contribution in [-0.2, 0) is 6.54 Å². The minimum absolute atomic E-state index is 0. The van der Waals surface area contributed by atoms with E-state index in [1.165, 1.54) is 55.9 Å². The Morgan fingerprint density at radius 3 is 2.06 bits per heavy atom. The van der Waals surface area contributed by atoms with Gasteiger partial charge in [-0.2, -0.15) is 0 Å². The Hall–Kier alpha value is -0.900. The van der Waals surface area contributed by atoms with Crippen LogP contribution in [0.3, 0.4) is 0 Å². The molecular weight excluding hydrogens is 200 g/mol. The van der Waals surface area contributed by atoms with Crippen molar-refractivity contribution in [1.29, 1.82) is 0 Å². The molecule has 0 radical (unpaired) electrons. The van der Waals surface area contributed by atoms with Gasteiger partial charge >= 0.3 is 0 Å². The molecule has 2 bridgehead atoms. The van der Waals surface area contributed by atoms with E-state index in [9.17, 15) is 0 Å². The van der Waals surface area contributed by atoms with E-state index >= 15 is 0 Å². The molecular formula is C13H20N2O.